The molecule has 0 N–H and O–H groups in total. The lowest BCUT2D eigenvalue weighted by Gasteiger charge is -2.24. The molecule has 0 saturated heterocycles. The number of nitrogens with zero attached hydrogens (tertiary/aromatic N) is 2. The second-order valence-corrected chi connectivity index (χ2v) is 9.72. The molecule has 5 rings (SSSR count). The van der Waals surface area contributed by atoms with Crippen LogP contribution in [0.4, 0.5) is 0 Å². The first-order valence-electron chi connectivity index (χ1n) is 12.4. The van der Waals surface area contributed by atoms with Gasteiger partial charge in [0.15, 0.2) is 4.80 Å². The molecule has 0 aliphatic carbocycles. The van der Waals surface area contributed by atoms with E-state index in [0.717, 1.165) is 21.9 Å². The zero-order valence-corrected chi connectivity index (χ0v) is 22.5. The number of fused-ring (bicyclic) bond motifs is 2. The Morgan fingerprint density at radius 3 is 2.53 bits per heavy atom. The third-order valence-electron chi connectivity index (χ3n) is 6.45. The summed E-state index contributed by atoms with van der Waals surface area (Å²) in [5.41, 5.74) is 2.21. The number of allylic oxidation sites excluding steroid dienone is 1. The lowest BCUT2D eigenvalue weighted by atomic mass is 9.96. The van der Waals surface area contributed by atoms with E-state index in [9.17, 15) is 9.59 Å². The lowest BCUT2D eigenvalue weighted by Crippen LogP contribution is -2.39. The summed E-state index contributed by atoms with van der Waals surface area (Å²) in [4.78, 5) is 32.3. The van der Waals surface area contributed by atoms with E-state index in [1.165, 1.54) is 11.3 Å². The third-order valence-corrected chi connectivity index (χ3v) is 7.43. The second kappa shape index (κ2) is 10.7. The number of esters is 1. The Bertz CT molecular complexity index is 1730. The van der Waals surface area contributed by atoms with Gasteiger partial charge in [0.1, 0.15) is 11.5 Å². The van der Waals surface area contributed by atoms with Gasteiger partial charge in [-0.2, -0.15) is 0 Å². The number of hydrogen-bond acceptors (Lipinski definition) is 7. The van der Waals surface area contributed by atoms with Crippen LogP contribution in [0.1, 0.15) is 37.9 Å². The van der Waals surface area contributed by atoms with Crippen molar-refractivity contribution in [2.75, 3.05) is 20.3 Å². The Morgan fingerprint density at radius 1 is 1.05 bits per heavy atom. The predicted octanol–water partition coefficient (Wildman–Crippen LogP) is 4.36. The molecule has 0 bridgehead atoms. The highest BCUT2D eigenvalue weighted by Crippen LogP contribution is 2.32. The van der Waals surface area contributed by atoms with E-state index in [1.807, 2.05) is 73.7 Å². The number of methoxy groups -OCH3 is 1. The van der Waals surface area contributed by atoms with Crippen LogP contribution >= 0.6 is 11.3 Å². The van der Waals surface area contributed by atoms with Crippen molar-refractivity contribution in [3.05, 3.63) is 103 Å². The number of thiazole rings is 1. The van der Waals surface area contributed by atoms with E-state index < -0.39 is 12.0 Å². The van der Waals surface area contributed by atoms with Crippen LogP contribution in [0.25, 0.3) is 16.8 Å². The number of hydrogen-bond donors (Lipinski definition) is 0. The van der Waals surface area contributed by atoms with Crippen molar-refractivity contribution in [3.63, 3.8) is 0 Å². The van der Waals surface area contributed by atoms with Gasteiger partial charge in [-0.1, -0.05) is 53.8 Å². The maximum absolute atomic E-state index is 14.0. The molecule has 0 radical (unpaired) electrons. The van der Waals surface area contributed by atoms with Crippen LogP contribution in [0.5, 0.6) is 11.5 Å². The molecule has 0 spiro atoms. The van der Waals surface area contributed by atoms with Crippen LogP contribution in [-0.2, 0) is 9.53 Å². The first kappa shape index (κ1) is 25.5. The molecule has 0 unspecified atom stereocenters. The minimum Gasteiger partial charge on any atom is -0.496 e. The highest BCUT2D eigenvalue weighted by molar-refractivity contribution is 7.07. The lowest BCUT2D eigenvalue weighted by molar-refractivity contribution is -0.139. The van der Waals surface area contributed by atoms with Gasteiger partial charge in [0.25, 0.3) is 5.56 Å². The molecule has 2 heterocycles. The Hall–Kier alpha value is -4.17. The number of ether oxygens (including phenoxy) is 3. The first-order valence-corrected chi connectivity index (χ1v) is 13.3. The van der Waals surface area contributed by atoms with Crippen LogP contribution in [0.3, 0.4) is 0 Å². The molecule has 0 amide bonds. The Labute approximate surface area is 223 Å². The van der Waals surface area contributed by atoms with E-state index >= 15 is 0 Å². The maximum atomic E-state index is 14.0. The molecule has 0 saturated carbocycles. The number of aromatic nitrogens is 1. The molecule has 1 aromatic heterocycles. The van der Waals surface area contributed by atoms with E-state index in [1.54, 1.807) is 25.5 Å². The van der Waals surface area contributed by atoms with Gasteiger partial charge in [0, 0.05) is 5.56 Å². The monoisotopic (exact) mass is 528 g/mol. The molecule has 38 heavy (non-hydrogen) atoms. The van der Waals surface area contributed by atoms with Gasteiger partial charge in [-0.3, -0.25) is 9.36 Å². The quantitative estimate of drug-likeness (QED) is 0.333. The molecule has 1 aliphatic rings. The van der Waals surface area contributed by atoms with Gasteiger partial charge in [-0.25, -0.2) is 9.79 Å². The normalized spacial score (nSPS) is 15.3. The predicted molar refractivity (Wildman–Crippen MR) is 149 cm³/mol. The summed E-state index contributed by atoms with van der Waals surface area (Å²) in [5, 5.41) is 2.02. The number of carbonyl (C=O) groups is 1. The van der Waals surface area contributed by atoms with Crippen molar-refractivity contribution >= 4 is 34.2 Å². The standard InChI is InChI=1S/C30H28N2O5S/c1-5-36-21-14-11-20(12-15-21)27-26(29(34)37-6-2)18(3)31-30-32(27)28(33)25(38-30)17-23-22-10-8-7-9-19(22)13-16-24(23)35-4/h7-17,27H,5-6H2,1-4H3/t27-/m0/s1. The van der Waals surface area contributed by atoms with Crippen molar-refractivity contribution in [2.24, 2.45) is 4.99 Å². The second-order valence-electron chi connectivity index (χ2n) is 8.71. The van der Waals surface area contributed by atoms with Crippen molar-refractivity contribution in [1.82, 2.24) is 4.57 Å². The Kier molecular flexibility index (Phi) is 7.15. The smallest absolute Gasteiger partial charge is 0.338 e. The summed E-state index contributed by atoms with van der Waals surface area (Å²) in [6, 6.07) is 18.6. The van der Waals surface area contributed by atoms with E-state index in [4.69, 9.17) is 14.2 Å². The molecule has 1 atom stereocenters. The highest BCUT2D eigenvalue weighted by Gasteiger charge is 2.33. The summed E-state index contributed by atoms with van der Waals surface area (Å²) in [5.74, 6) is 0.892. The van der Waals surface area contributed by atoms with Crippen LogP contribution in [0, 0.1) is 0 Å². The van der Waals surface area contributed by atoms with Crippen molar-refractivity contribution < 1.29 is 19.0 Å². The van der Waals surface area contributed by atoms with Gasteiger partial charge >= 0.3 is 5.97 Å². The number of carbonyl (C=O) groups excluding carboxylic acids is 1. The van der Waals surface area contributed by atoms with Crippen molar-refractivity contribution in [2.45, 2.75) is 26.8 Å². The fraction of sp³-hybridized carbons (Fsp3) is 0.233. The third kappa shape index (κ3) is 4.52. The Morgan fingerprint density at radius 2 is 1.82 bits per heavy atom. The van der Waals surface area contributed by atoms with Crippen molar-refractivity contribution in [1.29, 1.82) is 0 Å². The minimum atomic E-state index is -0.683. The molecule has 7 nitrogen and oxygen atoms in total. The number of rotatable bonds is 7. The minimum absolute atomic E-state index is 0.219. The molecule has 8 heteroatoms. The summed E-state index contributed by atoms with van der Waals surface area (Å²) in [6.45, 7) is 6.21. The fourth-order valence-corrected chi connectivity index (χ4v) is 5.78. The SMILES string of the molecule is CCOC(=O)C1=C(C)N=c2sc(=Cc3c(OC)ccc4ccccc34)c(=O)n2[C@H]1c1ccc(OCC)cc1. The largest absolute Gasteiger partial charge is 0.496 e. The van der Waals surface area contributed by atoms with Crippen LogP contribution in [0.2, 0.25) is 0 Å². The fourth-order valence-electron chi connectivity index (χ4n) is 4.75. The molecule has 1 aliphatic heterocycles. The van der Waals surface area contributed by atoms with Gasteiger partial charge in [-0.05, 0) is 61.4 Å². The molecule has 3 aromatic carbocycles. The van der Waals surface area contributed by atoms with Crippen LogP contribution < -0.4 is 24.4 Å². The number of benzene rings is 3. The van der Waals surface area contributed by atoms with Crippen molar-refractivity contribution in [3.8, 4) is 11.5 Å². The summed E-state index contributed by atoms with van der Waals surface area (Å²) in [7, 11) is 1.62. The maximum Gasteiger partial charge on any atom is 0.338 e. The van der Waals surface area contributed by atoms with Gasteiger partial charge in [-0.15, -0.1) is 0 Å². The average molecular weight is 529 g/mol. The van der Waals surface area contributed by atoms with Gasteiger partial charge in [0.05, 0.1) is 42.2 Å². The zero-order valence-electron chi connectivity index (χ0n) is 21.7. The molecule has 4 aromatic rings. The summed E-state index contributed by atoms with van der Waals surface area (Å²) >= 11 is 1.29. The zero-order chi connectivity index (χ0) is 26.8. The van der Waals surface area contributed by atoms with E-state index in [2.05, 4.69) is 4.99 Å². The molecular weight excluding hydrogens is 500 g/mol. The molecular formula is C30H28N2O5S. The first-order chi connectivity index (χ1) is 18.5. The summed E-state index contributed by atoms with van der Waals surface area (Å²) < 4.78 is 18.7. The van der Waals surface area contributed by atoms with Gasteiger partial charge in [0.2, 0.25) is 0 Å². The average Bonchev–Trinajstić information content (AvgIpc) is 3.23. The molecule has 0 fully saturated rings. The van der Waals surface area contributed by atoms with E-state index in [0.29, 0.717) is 38.7 Å². The van der Waals surface area contributed by atoms with Crippen LogP contribution in [-0.4, -0.2) is 30.9 Å². The Balaban J connectivity index is 1.75. The molecule has 194 valence electrons. The van der Waals surface area contributed by atoms with Gasteiger partial charge < -0.3 is 14.2 Å². The van der Waals surface area contributed by atoms with E-state index in [-0.39, 0.29) is 12.2 Å². The topological polar surface area (TPSA) is 79.1 Å². The van der Waals surface area contributed by atoms with Crippen LogP contribution in [0.15, 0.2) is 81.7 Å². The summed E-state index contributed by atoms with van der Waals surface area (Å²) in [6.07, 6.45) is 1.85. The highest BCUT2D eigenvalue weighted by atomic mass is 32.1.